The van der Waals surface area contributed by atoms with E-state index in [1.165, 1.54) is 13.8 Å². The molecule has 5 heteroatoms. The Hall–Kier alpha value is -2.56. The normalized spacial score (nSPS) is 11.9. The molecule has 1 heterocycles. The van der Waals surface area contributed by atoms with E-state index in [4.69, 9.17) is 4.74 Å². The molecule has 27 heavy (non-hydrogen) atoms. The summed E-state index contributed by atoms with van der Waals surface area (Å²) in [6.07, 6.45) is 7.76. The van der Waals surface area contributed by atoms with Crippen LogP contribution in [0.15, 0.2) is 37.1 Å². The molecular formula is C22H29FN2O2. The third-order valence-electron chi connectivity index (χ3n) is 3.99. The molecule has 2 aromatic rings. The molecule has 4 nitrogen and oxygen atoms in total. The number of alkyl halides is 1. The van der Waals surface area contributed by atoms with Gasteiger partial charge >= 0.3 is 0 Å². The van der Waals surface area contributed by atoms with E-state index in [1.807, 2.05) is 37.3 Å². The Morgan fingerprint density at radius 3 is 2.74 bits per heavy atom. The molecule has 1 aromatic heterocycles. The summed E-state index contributed by atoms with van der Waals surface area (Å²) in [6.45, 7) is 11.2. The third-order valence-corrected chi connectivity index (χ3v) is 3.99. The van der Waals surface area contributed by atoms with Crippen LogP contribution in [0.1, 0.15) is 56.0 Å². The summed E-state index contributed by atoms with van der Waals surface area (Å²) in [6, 6.07) is 5.80. The lowest BCUT2D eigenvalue weighted by atomic mass is 10.1. The van der Waals surface area contributed by atoms with Gasteiger partial charge in [-0.2, -0.15) is 5.10 Å². The van der Waals surface area contributed by atoms with Gasteiger partial charge in [-0.05, 0) is 50.5 Å². The predicted octanol–water partition coefficient (Wildman–Crippen LogP) is 5.71. The van der Waals surface area contributed by atoms with E-state index in [2.05, 4.69) is 18.6 Å². The largest absolute Gasteiger partial charge is 0.508 e. The molecule has 2 rings (SSSR count). The highest BCUT2D eigenvalue weighted by molar-refractivity contribution is 5.65. The number of hydrogen-bond donors (Lipinski definition) is 1. The van der Waals surface area contributed by atoms with Gasteiger partial charge in [0.1, 0.15) is 23.8 Å². The van der Waals surface area contributed by atoms with Gasteiger partial charge in [-0.15, -0.1) is 0 Å². The highest BCUT2D eigenvalue weighted by Crippen LogP contribution is 2.23. The summed E-state index contributed by atoms with van der Waals surface area (Å²) >= 11 is 0. The zero-order valence-electron chi connectivity index (χ0n) is 16.6. The maximum atomic E-state index is 13.6. The molecule has 0 bridgehead atoms. The van der Waals surface area contributed by atoms with Crippen LogP contribution < -0.4 is 4.74 Å². The summed E-state index contributed by atoms with van der Waals surface area (Å²) in [5.41, 5.74) is 1.95. The zero-order valence-corrected chi connectivity index (χ0v) is 16.6. The van der Waals surface area contributed by atoms with E-state index in [0.29, 0.717) is 23.6 Å². The first-order valence-corrected chi connectivity index (χ1v) is 9.23. The van der Waals surface area contributed by atoms with Crippen LogP contribution in [0.5, 0.6) is 5.75 Å². The van der Waals surface area contributed by atoms with E-state index in [9.17, 15) is 9.50 Å². The fourth-order valence-corrected chi connectivity index (χ4v) is 2.63. The van der Waals surface area contributed by atoms with Crippen LogP contribution >= 0.6 is 0 Å². The van der Waals surface area contributed by atoms with Crippen molar-refractivity contribution < 1.29 is 14.2 Å². The van der Waals surface area contributed by atoms with Crippen molar-refractivity contribution in [3.05, 3.63) is 59.4 Å². The maximum Gasteiger partial charge on any atom is 0.139 e. The summed E-state index contributed by atoms with van der Waals surface area (Å²) in [5.74, 6) is 0.684. The quantitative estimate of drug-likeness (QED) is 0.574. The lowest BCUT2D eigenvalue weighted by Gasteiger charge is -2.17. The van der Waals surface area contributed by atoms with Gasteiger partial charge in [-0.3, -0.25) is 4.68 Å². The number of nitrogens with zero attached hydrogens (tertiary/aromatic N) is 2. The number of ether oxygens (including phenoxy) is 1. The Morgan fingerprint density at radius 2 is 2.15 bits per heavy atom. The van der Waals surface area contributed by atoms with E-state index in [1.54, 1.807) is 10.9 Å². The van der Waals surface area contributed by atoms with Gasteiger partial charge in [0.15, 0.2) is 0 Å². The van der Waals surface area contributed by atoms with Crippen molar-refractivity contribution >= 4 is 11.8 Å². The Bertz CT molecular complexity index is 816. The van der Waals surface area contributed by atoms with Crippen molar-refractivity contribution in [1.29, 1.82) is 0 Å². The van der Waals surface area contributed by atoms with Crippen molar-refractivity contribution in [1.82, 2.24) is 9.78 Å². The number of aryl methyl sites for hydroxylation is 1. The number of halogens is 1. The van der Waals surface area contributed by atoms with Gasteiger partial charge < -0.3 is 9.84 Å². The SMILES string of the molecule is C=C(O)c1cn(Cc2ccc(OCC(C)(C)F)c(C)c2)nc1/C=C\CCC. The fraction of sp³-hybridized carbons (Fsp3) is 0.409. The van der Waals surface area contributed by atoms with Crippen LogP contribution in [-0.4, -0.2) is 27.2 Å². The fourth-order valence-electron chi connectivity index (χ4n) is 2.63. The molecule has 0 fully saturated rings. The van der Waals surface area contributed by atoms with Crippen molar-refractivity contribution in [3.63, 3.8) is 0 Å². The van der Waals surface area contributed by atoms with E-state index in [0.717, 1.165) is 24.0 Å². The van der Waals surface area contributed by atoms with Crippen molar-refractivity contribution in [2.24, 2.45) is 0 Å². The topological polar surface area (TPSA) is 47.3 Å². The zero-order chi connectivity index (χ0) is 20.0. The molecule has 0 saturated heterocycles. The minimum Gasteiger partial charge on any atom is -0.508 e. The second-order valence-corrected chi connectivity index (χ2v) is 7.37. The lowest BCUT2D eigenvalue weighted by molar-refractivity contribution is 0.120. The standard InChI is InChI=1S/C22H29FN2O2/c1-6-7-8-9-20-19(17(3)26)14-25(24-20)13-18-10-11-21(16(2)12-18)27-15-22(4,5)23/h8-12,14,26H,3,6-7,13,15H2,1-2,4-5H3/b9-8-. The van der Waals surface area contributed by atoms with Gasteiger partial charge in [-0.25, -0.2) is 4.39 Å². The number of aliphatic hydroxyl groups is 1. The minimum atomic E-state index is -1.37. The number of unbranched alkanes of at least 4 members (excludes halogenated alkanes) is 1. The Kier molecular flexibility index (Phi) is 6.83. The van der Waals surface area contributed by atoms with Crippen molar-refractivity contribution in [2.45, 2.75) is 52.8 Å². The Morgan fingerprint density at radius 1 is 1.41 bits per heavy atom. The van der Waals surface area contributed by atoms with Gasteiger partial charge in [-0.1, -0.05) is 38.1 Å². The number of aromatic nitrogens is 2. The van der Waals surface area contributed by atoms with Crippen LogP contribution in [0.4, 0.5) is 4.39 Å². The molecule has 0 aliphatic heterocycles. The second-order valence-electron chi connectivity index (χ2n) is 7.37. The molecule has 0 saturated carbocycles. The molecule has 0 radical (unpaired) electrons. The Labute approximate surface area is 161 Å². The molecule has 1 N–H and O–H groups in total. The van der Waals surface area contributed by atoms with Gasteiger partial charge in [0.25, 0.3) is 0 Å². The van der Waals surface area contributed by atoms with E-state index in [-0.39, 0.29) is 12.4 Å². The predicted molar refractivity (Wildman–Crippen MR) is 109 cm³/mol. The first kappa shape index (κ1) is 20.7. The number of aliphatic hydroxyl groups excluding tert-OH is 1. The average molecular weight is 372 g/mol. The summed E-state index contributed by atoms with van der Waals surface area (Å²) in [5, 5.41) is 14.4. The molecule has 1 aromatic carbocycles. The van der Waals surface area contributed by atoms with E-state index >= 15 is 0 Å². The highest BCUT2D eigenvalue weighted by atomic mass is 19.1. The molecule has 0 aliphatic carbocycles. The van der Waals surface area contributed by atoms with Crippen molar-refractivity contribution in [3.8, 4) is 5.75 Å². The first-order valence-electron chi connectivity index (χ1n) is 9.23. The number of allylic oxidation sites excluding steroid dienone is 1. The van der Waals surface area contributed by atoms with Crippen LogP contribution in [0, 0.1) is 6.92 Å². The molecule has 0 unspecified atom stereocenters. The van der Waals surface area contributed by atoms with Crippen molar-refractivity contribution in [2.75, 3.05) is 6.61 Å². The monoisotopic (exact) mass is 372 g/mol. The molecule has 0 atom stereocenters. The number of benzene rings is 1. The average Bonchev–Trinajstić information content (AvgIpc) is 2.96. The lowest BCUT2D eigenvalue weighted by Crippen LogP contribution is -2.22. The summed E-state index contributed by atoms with van der Waals surface area (Å²) in [7, 11) is 0. The molecule has 0 aliphatic rings. The maximum absolute atomic E-state index is 13.6. The van der Waals surface area contributed by atoms with Crippen LogP contribution in [0.3, 0.4) is 0 Å². The van der Waals surface area contributed by atoms with Crippen LogP contribution in [-0.2, 0) is 6.54 Å². The van der Waals surface area contributed by atoms with Gasteiger partial charge in [0, 0.05) is 6.20 Å². The van der Waals surface area contributed by atoms with Gasteiger partial charge in [0.2, 0.25) is 0 Å². The summed E-state index contributed by atoms with van der Waals surface area (Å²) in [4.78, 5) is 0. The smallest absolute Gasteiger partial charge is 0.139 e. The third kappa shape index (κ3) is 6.27. The summed E-state index contributed by atoms with van der Waals surface area (Å²) < 4.78 is 21.0. The highest BCUT2D eigenvalue weighted by Gasteiger charge is 2.17. The van der Waals surface area contributed by atoms with Crippen LogP contribution in [0.25, 0.3) is 11.8 Å². The van der Waals surface area contributed by atoms with Crippen LogP contribution in [0.2, 0.25) is 0 Å². The second kappa shape index (κ2) is 8.89. The Balaban J connectivity index is 2.15. The number of rotatable bonds is 9. The van der Waals surface area contributed by atoms with E-state index < -0.39 is 5.67 Å². The number of hydrogen-bond acceptors (Lipinski definition) is 3. The minimum absolute atomic E-state index is 0.00571. The molecular weight excluding hydrogens is 343 g/mol. The van der Waals surface area contributed by atoms with Gasteiger partial charge in [0.05, 0.1) is 17.8 Å². The molecule has 0 spiro atoms. The molecule has 146 valence electrons. The molecule has 0 amide bonds. The first-order chi connectivity index (χ1) is 12.7.